The lowest BCUT2D eigenvalue weighted by molar-refractivity contribution is 0.0677. The maximum atomic E-state index is 13.4. The molecule has 1 aliphatic heterocycles. The highest BCUT2D eigenvalue weighted by molar-refractivity contribution is 6.00. The number of hydrogen-bond acceptors (Lipinski definition) is 7. The molecule has 0 fully saturated rings. The number of phenolic OH excluding ortho intramolecular Hbond substituents is 1. The van der Waals surface area contributed by atoms with Crippen LogP contribution < -0.4 is 14.2 Å². The second-order valence-electron chi connectivity index (χ2n) is 8.19. The number of H-pyrrole nitrogens is 1. The predicted molar refractivity (Wildman–Crippen MR) is 126 cm³/mol. The number of carbonyl (C=O) groups excluding carboxylic acids is 1. The quantitative estimate of drug-likeness (QED) is 0.521. The molecule has 0 saturated carbocycles. The zero-order chi connectivity index (χ0) is 24.6. The average Bonchev–Trinajstić information content (AvgIpc) is 3.34. The summed E-state index contributed by atoms with van der Waals surface area (Å²) in [6, 6.07) is 6.81. The number of hydrogen-bond donors (Lipinski definition) is 2. The van der Waals surface area contributed by atoms with Gasteiger partial charge in [-0.1, -0.05) is 6.07 Å². The molecule has 0 bridgehead atoms. The maximum absolute atomic E-state index is 13.4. The zero-order valence-corrected chi connectivity index (χ0v) is 20.2. The van der Waals surface area contributed by atoms with Crippen LogP contribution in [-0.4, -0.2) is 67.7 Å². The van der Waals surface area contributed by atoms with Crippen LogP contribution in [0.1, 0.15) is 38.8 Å². The molecule has 180 valence electrons. The number of benzene rings is 2. The van der Waals surface area contributed by atoms with Gasteiger partial charge in [-0.15, -0.1) is 0 Å². The number of methoxy groups -OCH3 is 4. The normalized spacial score (nSPS) is 14.9. The molecule has 2 heterocycles. The van der Waals surface area contributed by atoms with E-state index in [4.69, 9.17) is 18.9 Å². The fourth-order valence-corrected chi connectivity index (χ4v) is 4.67. The van der Waals surface area contributed by atoms with Gasteiger partial charge < -0.3 is 29.0 Å². The van der Waals surface area contributed by atoms with Crippen LogP contribution in [0.2, 0.25) is 0 Å². The first-order chi connectivity index (χ1) is 16.4. The number of nitrogens with zero attached hydrogens (tertiary/aromatic N) is 2. The Morgan fingerprint density at radius 1 is 1.03 bits per heavy atom. The van der Waals surface area contributed by atoms with E-state index in [1.165, 1.54) is 0 Å². The lowest BCUT2D eigenvalue weighted by Gasteiger charge is -2.27. The van der Waals surface area contributed by atoms with Gasteiger partial charge in [0.15, 0.2) is 11.5 Å². The summed E-state index contributed by atoms with van der Waals surface area (Å²) in [5.74, 6) is 1.32. The largest absolute Gasteiger partial charge is 0.507 e. The highest BCUT2D eigenvalue weighted by Gasteiger charge is 2.43. The number of aromatic amines is 1. The molecule has 0 aliphatic carbocycles. The van der Waals surface area contributed by atoms with E-state index < -0.39 is 6.04 Å². The molecule has 1 amide bonds. The summed E-state index contributed by atoms with van der Waals surface area (Å²) in [6.45, 7) is 4.54. The van der Waals surface area contributed by atoms with E-state index in [9.17, 15) is 9.90 Å². The van der Waals surface area contributed by atoms with Crippen molar-refractivity contribution in [1.29, 1.82) is 0 Å². The van der Waals surface area contributed by atoms with Crippen molar-refractivity contribution >= 4 is 5.91 Å². The molecule has 1 unspecified atom stereocenters. The third kappa shape index (κ3) is 3.71. The molecule has 1 aromatic heterocycles. The summed E-state index contributed by atoms with van der Waals surface area (Å²) in [6.07, 6.45) is 0. The second-order valence-corrected chi connectivity index (χ2v) is 8.19. The van der Waals surface area contributed by atoms with E-state index in [1.807, 2.05) is 32.0 Å². The van der Waals surface area contributed by atoms with Gasteiger partial charge in [0, 0.05) is 24.8 Å². The number of rotatable bonds is 8. The van der Waals surface area contributed by atoms with Crippen LogP contribution >= 0.6 is 0 Å². The first kappa shape index (κ1) is 23.4. The molecule has 1 aliphatic rings. The number of aromatic hydroxyl groups is 1. The minimum Gasteiger partial charge on any atom is -0.507 e. The van der Waals surface area contributed by atoms with E-state index in [0.717, 1.165) is 16.7 Å². The Morgan fingerprint density at radius 3 is 2.26 bits per heavy atom. The number of aromatic nitrogens is 2. The minimum atomic E-state index is -0.514. The fraction of sp³-hybridized carbons (Fsp3) is 0.360. The Bertz CT molecular complexity index is 1190. The summed E-state index contributed by atoms with van der Waals surface area (Å²) in [4.78, 5) is 15.2. The molecule has 9 nitrogen and oxygen atoms in total. The number of amides is 1. The molecule has 34 heavy (non-hydrogen) atoms. The van der Waals surface area contributed by atoms with Crippen molar-refractivity contribution in [3.8, 4) is 34.3 Å². The molecule has 2 aromatic carbocycles. The van der Waals surface area contributed by atoms with Crippen molar-refractivity contribution in [3.05, 3.63) is 52.2 Å². The molecule has 2 N–H and O–H groups in total. The third-order valence-electron chi connectivity index (χ3n) is 6.10. The minimum absolute atomic E-state index is 0.109. The van der Waals surface area contributed by atoms with Crippen molar-refractivity contribution < 1.29 is 28.8 Å². The van der Waals surface area contributed by atoms with Crippen LogP contribution in [0.4, 0.5) is 0 Å². The molecular weight excluding hydrogens is 438 g/mol. The first-order valence-corrected chi connectivity index (χ1v) is 10.8. The summed E-state index contributed by atoms with van der Waals surface area (Å²) < 4.78 is 21.9. The maximum Gasteiger partial charge on any atom is 0.273 e. The number of ether oxygens (including phenoxy) is 4. The molecular formula is C25H29N3O6. The Hall–Kier alpha value is -3.72. The highest BCUT2D eigenvalue weighted by atomic mass is 16.5. The van der Waals surface area contributed by atoms with Crippen molar-refractivity contribution in [3.63, 3.8) is 0 Å². The summed E-state index contributed by atoms with van der Waals surface area (Å²) in [5.41, 5.74) is 4.72. The molecule has 4 rings (SSSR count). The molecule has 9 heteroatoms. The smallest absolute Gasteiger partial charge is 0.273 e. The first-order valence-electron chi connectivity index (χ1n) is 10.8. The topological polar surface area (TPSA) is 106 Å². The van der Waals surface area contributed by atoms with Gasteiger partial charge in [0.25, 0.3) is 5.91 Å². The van der Waals surface area contributed by atoms with Crippen molar-refractivity contribution in [2.75, 3.05) is 41.6 Å². The van der Waals surface area contributed by atoms with Crippen LogP contribution in [-0.2, 0) is 4.74 Å². The fourth-order valence-electron chi connectivity index (χ4n) is 4.67. The lowest BCUT2D eigenvalue weighted by Crippen LogP contribution is -2.32. The van der Waals surface area contributed by atoms with Crippen molar-refractivity contribution in [2.45, 2.75) is 19.9 Å². The van der Waals surface area contributed by atoms with E-state index in [2.05, 4.69) is 10.2 Å². The number of fused-ring (bicyclic) bond motifs is 1. The van der Waals surface area contributed by atoms with Gasteiger partial charge in [-0.25, -0.2) is 0 Å². The van der Waals surface area contributed by atoms with Gasteiger partial charge in [-0.3, -0.25) is 9.89 Å². The van der Waals surface area contributed by atoms with E-state index in [0.29, 0.717) is 52.9 Å². The van der Waals surface area contributed by atoms with Gasteiger partial charge in [-0.05, 0) is 48.7 Å². The number of nitrogens with one attached hydrogen (secondary N) is 1. The summed E-state index contributed by atoms with van der Waals surface area (Å²) in [7, 11) is 6.23. The molecule has 1 atom stereocenters. The van der Waals surface area contributed by atoms with E-state index in [1.54, 1.807) is 39.4 Å². The number of phenols is 1. The molecule has 3 aromatic rings. The van der Waals surface area contributed by atoms with Crippen molar-refractivity contribution in [2.24, 2.45) is 0 Å². The monoisotopic (exact) mass is 467 g/mol. The second kappa shape index (κ2) is 9.26. The Morgan fingerprint density at radius 2 is 1.71 bits per heavy atom. The van der Waals surface area contributed by atoms with Gasteiger partial charge in [0.1, 0.15) is 17.1 Å². The summed E-state index contributed by atoms with van der Waals surface area (Å²) >= 11 is 0. The Labute approximate surface area is 198 Å². The Balaban J connectivity index is 1.97. The molecule has 0 spiro atoms. The SMILES string of the molecule is COCCN1C(=O)c2[nH]nc(-c3c(C)cc(C)cc3O)c2C1c1cc(OC)c(OC)c(OC)c1. The van der Waals surface area contributed by atoms with Gasteiger partial charge >= 0.3 is 0 Å². The van der Waals surface area contributed by atoms with Crippen LogP contribution in [0, 0.1) is 13.8 Å². The summed E-state index contributed by atoms with van der Waals surface area (Å²) in [5, 5.41) is 18.2. The van der Waals surface area contributed by atoms with Crippen LogP contribution in [0.25, 0.3) is 11.3 Å². The van der Waals surface area contributed by atoms with Gasteiger partial charge in [-0.2, -0.15) is 5.10 Å². The van der Waals surface area contributed by atoms with Crippen LogP contribution in [0.3, 0.4) is 0 Å². The van der Waals surface area contributed by atoms with E-state index in [-0.39, 0.29) is 11.7 Å². The average molecular weight is 468 g/mol. The zero-order valence-electron chi connectivity index (χ0n) is 20.2. The van der Waals surface area contributed by atoms with Gasteiger partial charge in [0.2, 0.25) is 5.75 Å². The van der Waals surface area contributed by atoms with Crippen LogP contribution in [0.15, 0.2) is 24.3 Å². The predicted octanol–water partition coefficient (Wildman–Crippen LogP) is 3.62. The molecule has 0 saturated heterocycles. The standard InChI is InChI=1S/C25H29N3O6/c1-13-9-14(2)19(16(29)10-13)21-20-22(27-26-21)25(30)28(7-8-31-3)23(20)15-11-17(32-4)24(34-6)18(12-15)33-5/h9-12,23,29H,7-8H2,1-6H3,(H,26,27). The highest BCUT2D eigenvalue weighted by Crippen LogP contribution is 2.48. The van der Waals surface area contributed by atoms with Crippen LogP contribution in [0.5, 0.6) is 23.0 Å². The Kier molecular flexibility index (Phi) is 6.39. The number of carbonyl (C=O) groups is 1. The number of aryl methyl sites for hydroxylation is 2. The lowest BCUT2D eigenvalue weighted by atomic mass is 9.92. The molecule has 0 radical (unpaired) electrons. The van der Waals surface area contributed by atoms with Crippen molar-refractivity contribution in [1.82, 2.24) is 15.1 Å². The van der Waals surface area contributed by atoms with Gasteiger partial charge in [0.05, 0.1) is 34.0 Å². The third-order valence-corrected chi connectivity index (χ3v) is 6.10. The van der Waals surface area contributed by atoms with E-state index >= 15 is 0 Å².